The van der Waals surface area contributed by atoms with E-state index in [9.17, 15) is 10.1 Å². The number of hydrogen-bond donors (Lipinski definition) is 0. The summed E-state index contributed by atoms with van der Waals surface area (Å²) in [5.74, 6) is -0.0497. The number of carbonyl (C=O) groups is 1. The van der Waals surface area contributed by atoms with Crippen LogP contribution in [0.5, 0.6) is 0 Å². The monoisotopic (exact) mass is 415 g/mol. The number of aromatic nitrogens is 2. The van der Waals surface area contributed by atoms with E-state index in [1.165, 1.54) is 0 Å². The SMILES string of the molecule is CN1CCN(c2nc3ccccc3nc2C(C)(C#N)C(=O)OCc2ccccc2)CC1. The van der Waals surface area contributed by atoms with E-state index in [0.717, 1.165) is 37.3 Å². The maximum atomic E-state index is 13.2. The molecule has 2 heterocycles. The molecule has 0 bridgehead atoms. The van der Waals surface area contributed by atoms with Gasteiger partial charge in [-0.3, -0.25) is 0 Å². The molecule has 0 amide bonds. The summed E-state index contributed by atoms with van der Waals surface area (Å²) in [4.78, 5) is 27.1. The van der Waals surface area contributed by atoms with Gasteiger partial charge in [-0.2, -0.15) is 5.26 Å². The predicted octanol–water partition coefficient (Wildman–Crippen LogP) is 2.91. The number of rotatable bonds is 5. The number of nitriles is 1. The Labute approximate surface area is 181 Å². The molecular weight excluding hydrogens is 390 g/mol. The highest BCUT2D eigenvalue weighted by Crippen LogP contribution is 2.33. The van der Waals surface area contributed by atoms with Crippen molar-refractivity contribution >= 4 is 22.8 Å². The van der Waals surface area contributed by atoms with E-state index in [1.807, 2.05) is 54.6 Å². The smallest absolute Gasteiger partial charge is 0.332 e. The van der Waals surface area contributed by atoms with Gasteiger partial charge in [0.25, 0.3) is 0 Å². The fourth-order valence-electron chi connectivity index (χ4n) is 3.63. The van der Waals surface area contributed by atoms with Crippen LogP contribution in [0.4, 0.5) is 5.82 Å². The normalized spacial score (nSPS) is 16.5. The molecule has 1 saturated heterocycles. The average molecular weight is 415 g/mol. The van der Waals surface area contributed by atoms with Crippen LogP contribution in [0.25, 0.3) is 11.0 Å². The molecule has 0 N–H and O–H groups in total. The van der Waals surface area contributed by atoms with Crippen molar-refractivity contribution in [1.29, 1.82) is 5.26 Å². The highest BCUT2D eigenvalue weighted by atomic mass is 16.5. The Morgan fingerprint density at radius 2 is 1.65 bits per heavy atom. The van der Waals surface area contributed by atoms with Gasteiger partial charge in [0.1, 0.15) is 12.3 Å². The topological polar surface area (TPSA) is 82.4 Å². The highest BCUT2D eigenvalue weighted by molar-refractivity contribution is 5.89. The number of hydrogen-bond acceptors (Lipinski definition) is 7. The Morgan fingerprint density at radius 1 is 1.03 bits per heavy atom. The lowest BCUT2D eigenvalue weighted by Crippen LogP contribution is -2.46. The molecule has 1 aliphatic heterocycles. The van der Waals surface area contributed by atoms with Crippen molar-refractivity contribution in [3.8, 4) is 6.07 Å². The lowest BCUT2D eigenvalue weighted by Gasteiger charge is -2.35. The Bertz CT molecular complexity index is 1120. The maximum absolute atomic E-state index is 13.2. The van der Waals surface area contributed by atoms with E-state index in [-0.39, 0.29) is 6.61 Å². The Morgan fingerprint density at radius 3 is 2.29 bits per heavy atom. The molecule has 1 aromatic heterocycles. The second-order valence-corrected chi connectivity index (χ2v) is 7.97. The zero-order valence-electron chi connectivity index (χ0n) is 17.8. The summed E-state index contributed by atoms with van der Waals surface area (Å²) in [5, 5.41) is 10.1. The van der Waals surface area contributed by atoms with E-state index in [1.54, 1.807) is 6.92 Å². The quantitative estimate of drug-likeness (QED) is 0.593. The van der Waals surface area contributed by atoms with Gasteiger partial charge in [0.2, 0.25) is 0 Å². The van der Waals surface area contributed by atoms with Gasteiger partial charge in [-0.05, 0) is 31.7 Å². The van der Waals surface area contributed by atoms with E-state index < -0.39 is 11.4 Å². The number of fused-ring (bicyclic) bond motifs is 1. The van der Waals surface area contributed by atoms with Crippen LogP contribution in [0.15, 0.2) is 54.6 Å². The summed E-state index contributed by atoms with van der Waals surface area (Å²) in [7, 11) is 2.07. The molecule has 1 atom stereocenters. The molecule has 0 saturated carbocycles. The summed E-state index contributed by atoms with van der Waals surface area (Å²) in [6.07, 6.45) is 0. The van der Waals surface area contributed by atoms with Crippen LogP contribution >= 0.6 is 0 Å². The Balaban J connectivity index is 1.73. The van der Waals surface area contributed by atoms with Gasteiger partial charge in [-0.1, -0.05) is 42.5 Å². The van der Waals surface area contributed by atoms with Crippen LogP contribution in [0.1, 0.15) is 18.2 Å². The summed E-state index contributed by atoms with van der Waals surface area (Å²) < 4.78 is 5.55. The third-order valence-corrected chi connectivity index (χ3v) is 5.67. The van der Waals surface area contributed by atoms with Gasteiger partial charge in [-0.25, -0.2) is 14.8 Å². The minimum atomic E-state index is -1.58. The average Bonchev–Trinajstić information content (AvgIpc) is 2.82. The molecule has 0 radical (unpaired) electrons. The number of esters is 1. The van der Waals surface area contributed by atoms with Gasteiger partial charge < -0.3 is 14.5 Å². The number of anilines is 1. The highest BCUT2D eigenvalue weighted by Gasteiger charge is 2.43. The van der Waals surface area contributed by atoms with E-state index in [4.69, 9.17) is 14.7 Å². The molecule has 0 aliphatic carbocycles. The number of para-hydroxylation sites is 2. The molecule has 158 valence electrons. The lowest BCUT2D eigenvalue weighted by atomic mass is 9.87. The summed E-state index contributed by atoms with van der Waals surface area (Å²) in [6, 6.07) is 19.1. The lowest BCUT2D eigenvalue weighted by molar-refractivity contribution is -0.149. The van der Waals surface area contributed by atoms with Gasteiger partial charge in [0, 0.05) is 26.2 Å². The first-order valence-electron chi connectivity index (χ1n) is 10.3. The zero-order valence-corrected chi connectivity index (χ0v) is 17.8. The first-order valence-corrected chi connectivity index (χ1v) is 10.3. The van der Waals surface area contributed by atoms with Crippen molar-refractivity contribution in [1.82, 2.24) is 14.9 Å². The van der Waals surface area contributed by atoms with Gasteiger partial charge >= 0.3 is 5.97 Å². The predicted molar refractivity (Wildman–Crippen MR) is 118 cm³/mol. The Kier molecular flexibility index (Phi) is 5.83. The number of carbonyl (C=O) groups excluding carboxylic acids is 1. The van der Waals surface area contributed by atoms with E-state index in [0.29, 0.717) is 17.0 Å². The molecule has 7 heteroatoms. The zero-order chi connectivity index (χ0) is 21.8. The van der Waals surface area contributed by atoms with Crippen LogP contribution < -0.4 is 4.90 Å². The van der Waals surface area contributed by atoms with Crippen molar-refractivity contribution < 1.29 is 9.53 Å². The van der Waals surface area contributed by atoms with Crippen LogP contribution in [-0.2, 0) is 21.6 Å². The molecule has 1 aliphatic rings. The third kappa shape index (κ3) is 4.21. The second kappa shape index (κ2) is 8.70. The largest absolute Gasteiger partial charge is 0.459 e. The van der Waals surface area contributed by atoms with Crippen LogP contribution in [0, 0.1) is 11.3 Å². The second-order valence-electron chi connectivity index (χ2n) is 7.97. The first-order chi connectivity index (χ1) is 15.0. The fourth-order valence-corrected chi connectivity index (χ4v) is 3.63. The summed E-state index contributed by atoms with van der Waals surface area (Å²) in [6.45, 7) is 4.90. The molecule has 2 aromatic carbocycles. The number of nitrogens with zero attached hydrogens (tertiary/aromatic N) is 5. The van der Waals surface area contributed by atoms with Crippen molar-refractivity contribution in [2.45, 2.75) is 18.9 Å². The van der Waals surface area contributed by atoms with E-state index >= 15 is 0 Å². The molecule has 7 nitrogen and oxygen atoms in total. The third-order valence-electron chi connectivity index (χ3n) is 5.67. The van der Waals surface area contributed by atoms with E-state index in [2.05, 4.69) is 22.9 Å². The van der Waals surface area contributed by atoms with Gasteiger partial charge in [0.15, 0.2) is 11.2 Å². The molecule has 31 heavy (non-hydrogen) atoms. The molecule has 1 fully saturated rings. The first kappa shape index (κ1) is 20.8. The minimum absolute atomic E-state index is 0.0990. The molecule has 1 unspecified atom stereocenters. The van der Waals surface area contributed by atoms with Crippen molar-refractivity contribution in [2.24, 2.45) is 0 Å². The van der Waals surface area contributed by atoms with Gasteiger partial charge in [-0.15, -0.1) is 0 Å². The number of ether oxygens (including phenoxy) is 1. The molecular formula is C24H25N5O2. The minimum Gasteiger partial charge on any atom is -0.459 e. The Hall–Kier alpha value is -3.50. The fraction of sp³-hybridized carbons (Fsp3) is 0.333. The molecule has 4 rings (SSSR count). The number of piperazine rings is 1. The van der Waals surface area contributed by atoms with Crippen molar-refractivity contribution in [3.63, 3.8) is 0 Å². The molecule has 0 spiro atoms. The standard InChI is InChI=1S/C24H25N5O2/c1-24(17-25,23(30)31-16-18-8-4-3-5-9-18)21-22(29-14-12-28(2)13-15-29)27-20-11-7-6-10-19(20)26-21/h3-11H,12-16H2,1-2H3. The summed E-state index contributed by atoms with van der Waals surface area (Å²) in [5.41, 5.74) is 1.01. The van der Waals surface area contributed by atoms with Crippen LogP contribution in [-0.4, -0.2) is 54.1 Å². The van der Waals surface area contributed by atoms with Crippen LogP contribution in [0.3, 0.4) is 0 Å². The number of benzene rings is 2. The van der Waals surface area contributed by atoms with Crippen LogP contribution in [0.2, 0.25) is 0 Å². The van der Waals surface area contributed by atoms with Crippen molar-refractivity contribution in [3.05, 3.63) is 65.9 Å². The van der Waals surface area contributed by atoms with Gasteiger partial charge in [0.05, 0.1) is 17.1 Å². The molecule has 3 aromatic rings. The number of likely N-dealkylation sites (N-methyl/N-ethyl adjacent to an activating group) is 1. The maximum Gasteiger partial charge on any atom is 0.332 e. The van der Waals surface area contributed by atoms with Crippen molar-refractivity contribution in [2.75, 3.05) is 38.1 Å². The summed E-state index contributed by atoms with van der Waals surface area (Å²) >= 11 is 0.